The largest absolute Gasteiger partial charge is 0.268 e. The Bertz CT molecular complexity index is 839. The Kier molecular flexibility index (Phi) is 3.28. The molecule has 0 fully saturated rings. The van der Waals surface area contributed by atoms with Crippen LogP contribution in [0.5, 0.6) is 0 Å². The molecule has 0 radical (unpaired) electrons. The number of benzene rings is 2. The van der Waals surface area contributed by atoms with E-state index in [1.807, 2.05) is 43.3 Å². The summed E-state index contributed by atoms with van der Waals surface area (Å²) in [6.07, 6.45) is 0.658. The van der Waals surface area contributed by atoms with Gasteiger partial charge in [-0.1, -0.05) is 42.8 Å². The molecule has 0 aliphatic carbocycles. The average molecular weight is 285 g/mol. The minimum Gasteiger partial charge on any atom is -0.268 e. The van der Waals surface area contributed by atoms with Gasteiger partial charge in [-0.15, -0.1) is 0 Å². The maximum absolute atomic E-state index is 12.7. The molecule has 3 rings (SSSR count). The molecule has 100 valence electrons. The van der Waals surface area contributed by atoms with Gasteiger partial charge in [0, 0.05) is 6.42 Å². The number of fused-ring (bicyclic) bond motifs is 1. The standard InChI is InChI=1S/C16H13ClN2O/c1-2-15-18-13-9-5-3-7-11(13)16(20)19(15)14-10-6-4-8-12(14)17/h3-10H,2H2,1H3. The predicted octanol–water partition coefficient (Wildman–Crippen LogP) is 3.60. The molecule has 0 amide bonds. The number of aryl methyl sites for hydroxylation is 1. The Morgan fingerprint density at radius 2 is 1.80 bits per heavy atom. The van der Waals surface area contributed by atoms with Crippen LogP contribution in [0.1, 0.15) is 12.7 Å². The van der Waals surface area contributed by atoms with Gasteiger partial charge in [-0.3, -0.25) is 9.36 Å². The molecular weight excluding hydrogens is 272 g/mol. The summed E-state index contributed by atoms with van der Waals surface area (Å²) in [4.78, 5) is 17.3. The summed E-state index contributed by atoms with van der Waals surface area (Å²) >= 11 is 6.22. The van der Waals surface area contributed by atoms with Gasteiger partial charge in [-0.25, -0.2) is 4.98 Å². The average Bonchev–Trinajstić information content (AvgIpc) is 2.48. The van der Waals surface area contributed by atoms with Gasteiger partial charge in [0.15, 0.2) is 0 Å². The second kappa shape index (κ2) is 5.10. The second-order valence-electron chi connectivity index (χ2n) is 4.49. The zero-order valence-corrected chi connectivity index (χ0v) is 11.8. The van der Waals surface area contributed by atoms with Gasteiger partial charge in [-0.2, -0.15) is 0 Å². The molecule has 1 heterocycles. The summed E-state index contributed by atoms with van der Waals surface area (Å²) in [5.74, 6) is 0.710. The first kappa shape index (κ1) is 12.9. The summed E-state index contributed by atoms with van der Waals surface area (Å²) in [5, 5.41) is 1.14. The van der Waals surface area contributed by atoms with Crippen LogP contribution >= 0.6 is 11.6 Å². The van der Waals surface area contributed by atoms with Crippen LogP contribution in [-0.4, -0.2) is 9.55 Å². The minimum atomic E-state index is -0.0828. The van der Waals surface area contributed by atoms with E-state index in [0.29, 0.717) is 28.3 Å². The first-order chi connectivity index (χ1) is 9.72. The number of rotatable bonds is 2. The number of hydrogen-bond donors (Lipinski definition) is 0. The van der Waals surface area contributed by atoms with Crippen molar-refractivity contribution in [1.82, 2.24) is 9.55 Å². The van der Waals surface area contributed by atoms with Crippen LogP contribution in [-0.2, 0) is 6.42 Å². The van der Waals surface area contributed by atoms with E-state index in [9.17, 15) is 4.79 Å². The molecule has 3 nitrogen and oxygen atoms in total. The molecule has 0 saturated heterocycles. The summed E-state index contributed by atoms with van der Waals surface area (Å²) in [6, 6.07) is 14.7. The summed E-state index contributed by atoms with van der Waals surface area (Å²) < 4.78 is 1.60. The van der Waals surface area contributed by atoms with Crippen LogP contribution < -0.4 is 5.56 Å². The minimum absolute atomic E-state index is 0.0828. The molecule has 0 bridgehead atoms. The normalized spacial score (nSPS) is 10.9. The number of nitrogens with zero attached hydrogens (tertiary/aromatic N) is 2. The van der Waals surface area contributed by atoms with E-state index in [2.05, 4.69) is 4.98 Å². The van der Waals surface area contributed by atoms with Crippen LogP contribution in [0.3, 0.4) is 0 Å². The number of aromatic nitrogens is 2. The molecule has 4 heteroatoms. The Labute approximate surface area is 121 Å². The Morgan fingerprint density at radius 3 is 2.55 bits per heavy atom. The van der Waals surface area contributed by atoms with Crippen LogP contribution in [0.4, 0.5) is 0 Å². The first-order valence-corrected chi connectivity index (χ1v) is 6.85. The zero-order chi connectivity index (χ0) is 14.1. The van der Waals surface area contributed by atoms with E-state index in [1.165, 1.54) is 0 Å². The van der Waals surface area contributed by atoms with Crippen molar-refractivity contribution in [1.29, 1.82) is 0 Å². The molecule has 0 N–H and O–H groups in total. The Hall–Kier alpha value is -2.13. The van der Waals surface area contributed by atoms with Crippen molar-refractivity contribution in [2.45, 2.75) is 13.3 Å². The number of halogens is 1. The maximum atomic E-state index is 12.7. The van der Waals surface area contributed by atoms with Crippen LogP contribution in [0.25, 0.3) is 16.6 Å². The molecular formula is C16H13ClN2O. The maximum Gasteiger partial charge on any atom is 0.266 e. The lowest BCUT2D eigenvalue weighted by molar-refractivity contribution is 0.833. The SMILES string of the molecule is CCc1nc2ccccc2c(=O)n1-c1ccccc1Cl. The van der Waals surface area contributed by atoms with E-state index < -0.39 is 0 Å². The topological polar surface area (TPSA) is 34.9 Å². The third-order valence-corrected chi connectivity index (χ3v) is 3.57. The Morgan fingerprint density at radius 1 is 1.10 bits per heavy atom. The van der Waals surface area contributed by atoms with E-state index in [1.54, 1.807) is 16.7 Å². The molecule has 0 atom stereocenters. The van der Waals surface area contributed by atoms with Gasteiger partial charge in [0.25, 0.3) is 5.56 Å². The highest BCUT2D eigenvalue weighted by Crippen LogP contribution is 2.20. The van der Waals surface area contributed by atoms with E-state index in [4.69, 9.17) is 11.6 Å². The number of hydrogen-bond acceptors (Lipinski definition) is 2. The molecule has 2 aromatic carbocycles. The fraction of sp³-hybridized carbons (Fsp3) is 0.125. The summed E-state index contributed by atoms with van der Waals surface area (Å²) in [6.45, 7) is 1.98. The lowest BCUT2D eigenvalue weighted by Crippen LogP contribution is -2.23. The summed E-state index contributed by atoms with van der Waals surface area (Å²) in [5.41, 5.74) is 1.31. The van der Waals surface area contributed by atoms with Gasteiger partial charge in [0.1, 0.15) is 5.82 Å². The molecule has 0 aliphatic heterocycles. The highest BCUT2D eigenvalue weighted by Gasteiger charge is 2.12. The number of para-hydroxylation sites is 2. The molecule has 1 aromatic heterocycles. The van der Waals surface area contributed by atoms with Crippen molar-refractivity contribution in [2.24, 2.45) is 0 Å². The summed E-state index contributed by atoms with van der Waals surface area (Å²) in [7, 11) is 0. The third-order valence-electron chi connectivity index (χ3n) is 3.25. The van der Waals surface area contributed by atoms with Gasteiger partial charge >= 0.3 is 0 Å². The first-order valence-electron chi connectivity index (χ1n) is 6.48. The van der Waals surface area contributed by atoms with Crippen molar-refractivity contribution in [3.63, 3.8) is 0 Å². The van der Waals surface area contributed by atoms with Crippen molar-refractivity contribution in [3.8, 4) is 5.69 Å². The fourth-order valence-electron chi connectivity index (χ4n) is 2.30. The third kappa shape index (κ3) is 2.00. The van der Waals surface area contributed by atoms with Crippen LogP contribution in [0.15, 0.2) is 53.3 Å². The van der Waals surface area contributed by atoms with E-state index in [-0.39, 0.29) is 5.56 Å². The smallest absolute Gasteiger partial charge is 0.266 e. The van der Waals surface area contributed by atoms with Gasteiger partial charge in [0.05, 0.1) is 21.6 Å². The predicted molar refractivity (Wildman–Crippen MR) is 81.7 cm³/mol. The van der Waals surface area contributed by atoms with Crippen molar-refractivity contribution < 1.29 is 0 Å². The van der Waals surface area contributed by atoms with Gasteiger partial charge in [0.2, 0.25) is 0 Å². The van der Waals surface area contributed by atoms with Crippen LogP contribution in [0, 0.1) is 0 Å². The zero-order valence-electron chi connectivity index (χ0n) is 11.0. The quantitative estimate of drug-likeness (QED) is 0.721. The highest BCUT2D eigenvalue weighted by atomic mass is 35.5. The van der Waals surface area contributed by atoms with Crippen molar-refractivity contribution in [3.05, 3.63) is 69.7 Å². The van der Waals surface area contributed by atoms with Gasteiger partial charge in [-0.05, 0) is 24.3 Å². The van der Waals surface area contributed by atoms with Crippen molar-refractivity contribution >= 4 is 22.5 Å². The monoisotopic (exact) mass is 284 g/mol. The molecule has 0 unspecified atom stereocenters. The molecule has 0 saturated carbocycles. The molecule has 3 aromatic rings. The van der Waals surface area contributed by atoms with Crippen LogP contribution in [0.2, 0.25) is 5.02 Å². The lowest BCUT2D eigenvalue weighted by Gasteiger charge is -2.13. The van der Waals surface area contributed by atoms with E-state index >= 15 is 0 Å². The van der Waals surface area contributed by atoms with Gasteiger partial charge < -0.3 is 0 Å². The molecule has 20 heavy (non-hydrogen) atoms. The van der Waals surface area contributed by atoms with Crippen molar-refractivity contribution in [2.75, 3.05) is 0 Å². The molecule has 0 spiro atoms. The fourth-order valence-corrected chi connectivity index (χ4v) is 2.52. The Balaban J connectivity index is 2.43. The highest BCUT2D eigenvalue weighted by molar-refractivity contribution is 6.32. The van der Waals surface area contributed by atoms with E-state index in [0.717, 1.165) is 5.52 Å². The molecule has 0 aliphatic rings. The lowest BCUT2D eigenvalue weighted by atomic mass is 10.2. The second-order valence-corrected chi connectivity index (χ2v) is 4.90.